The molecule has 15 heavy (non-hydrogen) atoms. The number of hydrogen-bond acceptors (Lipinski definition) is 3. The summed E-state index contributed by atoms with van der Waals surface area (Å²) < 4.78 is 0. The van der Waals surface area contributed by atoms with Gasteiger partial charge in [0.15, 0.2) is 0 Å². The lowest BCUT2D eigenvalue weighted by Crippen LogP contribution is -2.58. The predicted octanol–water partition coefficient (Wildman–Crippen LogP) is 1.01. The van der Waals surface area contributed by atoms with Gasteiger partial charge in [-0.1, -0.05) is 0 Å². The van der Waals surface area contributed by atoms with Gasteiger partial charge in [-0.25, -0.2) is 0 Å². The van der Waals surface area contributed by atoms with Gasteiger partial charge in [0, 0.05) is 31.2 Å². The predicted molar refractivity (Wildman–Crippen MR) is 66.3 cm³/mol. The van der Waals surface area contributed by atoms with Crippen molar-refractivity contribution in [2.24, 2.45) is 0 Å². The molecule has 0 aliphatic carbocycles. The van der Waals surface area contributed by atoms with Crippen LogP contribution in [0.25, 0.3) is 0 Å². The first-order chi connectivity index (χ1) is 6.95. The zero-order valence-electron chi connectivity index (χ0n) is 11.0. The molecule has 0 radical (unpaired) electrons. The third-order valence-electron chi connectivity index (χ3n) is 3.28. The van der Waals surface area contributed by atoms with Crippen LogP contribution in [0.4, 0.5) is 0 Å². The van der Waals surface area contributed by atoms with E-state index in [0.29, 0.717) is 11.6 Å². The van der Waals surface area contributed by atoms with Crippen molar-refractivity contribution in [3.8, 4) is 0 Å². The van der Waals surface area contributed by atoms with E-state index in [1.54, 1.807) is 0 Å². The van der Waals surface area contributed by atoms with Gasteiger partial charge in [-0.3, -0.25) is 4.90 Å². The molecule has 1 N–H and O–H groups in total. The van der Waals surface area contributed by atoms with E-state index in [-0.39, 0.29) is 0 Å². The first-order valence-electron chi connectivity index (χ1n) is 6.05. The Hall–Kier alpha value is -0.120. The summed E-state index contributed by atoms with van der Waals surface area (Å²) >= 11 is 0. The van der Waals surface area contributed by atoms with Crippen LogP contribution in [0.3, 0.4) is 0 Å². The van der Waals surface area contributed by atoms with Gasteiger partial charge in [-0.15, -0.1) is 0 Å². The van der Waals surface area contributed by atoms with Crippen LogP contribution in [0.5, 0.6) is 0 Å². The van der Waals surface area contributed by atoms with Crippen LogP contribution in [0.1, 0.15) is 27.2 Å². The number of rotatable bonds is 3. The topological polar surface area (TPSA) is 18.5 Å². The highest BCUT2D eigenvalue weighted by molar-refractivity contribution is 4.88. The molecule has 0 spiro atoms. The molecule has 1 aliphatic rings. The number of hydrogen-bond donors (Lipinski definition) is 1. The Bertz CT molecular complexity index is 186. The van der Waals surface area contributed by atoms with Gasteiger partial charge < -0.3 is 10.2 Å². The Kier molecular flexibility index (Phi) is 4.56. The fourth-order valence-corrected chi connectivity index (χ4v) is 2.45. The van der Waals surface area contributed by atoms with Crippen LogP contribution >= 0.6 is 0 Å². The molecular formula is C12H27N3. The van der Waals surface area contributed by atoms with Gasteiger partial charge in [-0.2, -0.15) is 0 Å². The van der Waals surface area contributed by atoms with Gasteiger partial charge in [0.2, 0.25) is 0 Å². The Morgan fingerprint density at radius 3 is 2.47 bits per heavy atom. The number of piperazine rings is 1. The molecule has 3 nitrogen and oxygen atoms in total. The molecule has 0 aromatic rings. The smallest absolute Gasteiger partial charge is 0.0240 e. The molecule has 1 rings (SSSR count). The second kappa shape index (κ2) is 5.28. The zero-order chi connectivity index (χ0) is 11.5. The highest BCUT2D eigenvalue weighted by atomic mass is 15.3. The number of nitrogens with zero attached hydrogens (tertiary/aromatic N) is 2. The minimum absolute atomic E-state index is 0.305. The standard InChI is InChI=1S/C12H27N3/c1-12(2,3)15-9-8-14(5)10-11(15)6-7-13-4/h11,13H,6-10H2,1-5H3. The number of nitrogens with one attached hydrogen (secondary N) is 1. The third-order valence-corrected chi connectivity index (χ3v) is 3.28. The first kappa shape index (κ1) is 12.9. The lowest BCUT2D eigenvalue weighted by Gasteiger charge is -2.47. The Morgan fingerprint density at radius 1 is 1.27 bits per heavy atom. The van der Waals surface area contributed by atoms with Gasteiger partial charge in [0.1, 0.15) is 0 Å². The molecule has 0 amide bonds. The van der Waals surface area contributed by atoms with Crippen LogP contribution in [0.2, 0.25) is 0 Å². The molecule has 90 valence electrons. The van der Waals surface area contributed by atoms with Crippen LogP contribution < -0.4 is 5.32 Å². The van der Waals surface area contributed by atoms with Gasteiger partial charge in [0.05, 0.1) is 0 Å². The maximum atomic E-state index is 3.26. The van der Waals surface area contributed by atoms with E-state index in [9.17, 15) is 0 Å². The first-order valence-corrected chi connectivity index (χ1v) is 6.05. The highest BCUT2D eigenvalue weighted by Crippen LogP contribution is 2.22. The largest absolute Gasteiger partial charge is 0.320 e. The summed E-state index contributed by atoms with van der Waals surface area (Å²) in [4.78, 5) is 5.10. The summed E-state index contributed by atoms with van der Waals surface area (Å²) in [5, 5.41) is 3.26. The average Bonchev–Trinajstić information content (AvgIpc) is 2.12. The zero-order valence-corrected chi connectivity index (χ0v) is 11.0. The SMILES string of the molecule is CNCCC1CN(C)CCN1C(C)(C)C. The van der Waals surface area contributed by atoms with E-state index in [2.05, 4.69) is 42.9 Å². The quantitative estimate of drug-likeness (QED) is 0.755. The van der Waals surface area contributed by atoms with Crippen LogP contribution in [-0.4, -0.2) is 61.7 Å². The third kappa shape index (κ3) is 3.74. The molecule has 1 unspecified atom stereocenters. The van der Waals surface area contributed by atoms with Crippen LogP contribution in [0.15, 0.2) is 0 Å². The maximum Gasteiger partial charge on any atom is 0.0240 e. The summed E-state index contributed by atoms with van der Waals surface area (Å²) in [6.07, 6.45) is 1.25. The molecule has 1 heterocycles. The van der Waals surface area contributed by atoms with E-state index >= 15 is 0 Å². The van der Waals surface area contributed by atoms with Crippen molar-refractivity contribution in [3.63, 3.8) is 0 Å². The van der Waals surface area contributed by atoms with Crippen molar-refractivity contribution >= 4 is 0 Å². The van der Waals surface area contributed by atoms with Gasteiger partial charge >= 0.3 is 0 Å². The molecule has 0 saturated carbocycles. The fraction of sp³-hybridized carbons (Fsp3) is 1.00. The van der Waals surface area contributed by atoms with Gasteiger partial charge in [-0.05, 0) is 47.8 Å². The second-order valence-corrected chi connectivity index (χ2v) is 5.67. The molecule has 1 saturated heterocycles. The molecule has 0 aromatic carbocycles. The summed E-state index contributed by atoms with van der Waals surface area (Å²) in [5.74, 6) is 0. The average molecular weight is 213 g/mol. The molecular weight excluding hydrogens is 186 g/mol. The minimum atomic E-state index is 0.305. The van der Waals surface area contributed by atoms with E-state index < -0.39 is 0 Å². The Labute approximate surface area is 94.8 Å². The van der Waals surface area contributed by atoms with Crippen molar-refractivity contribution in [2.75, 3.05) is 40.3 Å². The van der Waals surface area contributed by atoms with Gasteiger partial charge in [0.25, 0.3) is 0 Å². The Balaban J connectivity index is 2.58. The van der Waals surface area contributed by atoms with Crippen molar-refractivity contribution in [1.82, 2.24) is 15.1 Å². The number of likely N-dealkylation sites (N-methyl/N-ethyl adjacent to an activating group) is 1. The molecule has 3 heteroatoms. The van der Waals surface area contributed by atoms with Crippen molar-refractivity contribution in [3.05, 3.63) is 0 Å². The van der Waals surface area contributed by atoms with E-state index in [1.165, 1.54) is 26.1 Å². The van der Waals surface area contributed by atoms with Crippen molar-refractivity contribution in [2.45, 2.75) is 38.8 Å². The van der Waals surface area contributed by atoms with Crippen molar-refractivity contribution < 1.29 is 0 Å². The van der Waals surface area contributed by atoms with E-state index in [1.807, 2.05) is 7.05 Å². The fourth-order valence-electron chi connectivity index (χ4n) is 2.45. The molecule has 1 fully saturated rings. The molecule has 0 bridgehead atoms. The van der Waals surface area contributed by atoms with E-state index in [4.69, 9.17) is 0 Å². The van der Waals surface area contributed by atoms with Crippen molar-refractivity contribution in [1.29, 1.82) is 0 Å². The molecule has 0 aromatic heterocycles. The molecule has 1 atom stereocenters. The summed E-state index contributed by atoms with van der Waals surface area (Å²) in [6, 6.07) is 0.705. The normalized spacial score (nSPS) is 25.8. The highest BCUT2D eigenvalue weighted by Gasteiger charge is 2.32. The Morgan fingerprint density at radius 2 is 1.93 bits per heavy atom. The summed E-state index contributed by atoms with van der Waals surface area (Å²) in [6.45, 7) is 11.7. The summed E-state index contributed by atoms with van der Waals surface area (Å²) in [7, 11) is 4.26. The second-order valence-electron chi connectivity index (χ2n) is 5.67. The van der Waals surface area contributed by atoms with Crippen LogP contribution in [0, 0.1) is 0 Å². The minimum Gasteiger partial charge on any atom is -0.320 e. The summed E-state index contributed by atoms with van der Waals surface area (Å²) in [5.41, 5.74) is 0.305. The van der Waals surface area contributed by atoms with Crippen LogP contribution in [-0.2, 0) is 0 Å². The maximum absolute atomic E-state index is 3.26. The lowest BCUT2D eigenvalue weighted by atomic mass is 9.98. The lowest BCUT2D eigenvalue weighted by molar-refractivity contribution is 0.0157. The monoisotopic (exact) mass is 213 g/mol. The van der Waals surface area contributed by atoms with E-state index in [0.717, 1.165) is 6.54 Å². The molecule has 1 aliphatic heterocycles.